The highest BCUT2D eigenvalue weighted by molar-refractivity contribution is 9.10. The molecule has 0 saturated carbocycles. The smallest absolute Gasteiger partial charge is 0.414 e. The minimum absolute atomic E-state index is 0.134. The van der Waals surface area contributed by atoms with Gasteiger partial charge in [-0.2, -0.15) is 4.31 Å². The molecule has 2 aliphatic heterocycles. The summed E-state index contributed by atoms with van der Waals surface area (Å²) in [5, 5.41) is 0. The fourth-order valence-electron chi connectivity index (χ4n) is 4.68. The number of fused-ring (bicyclic) bond motifs is 1. The summed E-state index contributed by atoms with van der Waals surface area (Å²) in [6.07, 6.45) is 7.83. The molecule has 5 rings (SSSR count). The summed E-state index contributed by atoms with van der Waals surface area (Å²) >= 11 is 3.39. The van der Waals surface area contributed by atoms with Crippen LogP contribution in [0.2, 0.25) is 0 Å². The normalized spacial score (nSPS) is 23.4. The van der Waals surface area contributed by atoms with Crippen molar-refractivity contribution in [1.82, 2.24) is 4.31 Å². The second-order valence-corrected chi connectivity index (χ2v) is 11.6. The molecule has 0 spiro atoms. The van der Waals surface area contributed by atoms with Crippen molar-refractivity contribution in [1.29, 1.82) is 0 Å². The number of amides is 1. The van der Waals surface area contributed by atoms with Gasteiger partial charge in [0.1, 0.15) is 12.4 Å². The number of anilines is 1. The molecule has 0 aromatic heterocycles. The van der Waals surface area contributed by atoms with E-state index in [9.17, 15) is 13.2 Å². The molecule has 2 heterocycles. The summed E-state index contributed by atoms with van der Waals surface area (Å²) in [7, 11) is -3.86. The molecule has 1 amide bonds. The van der Waals surface area contributed by atoms with Gasteiger partial charge in [0, 0.05) is 35.6 Å². The monoisotopic (exact) mass is 544 g/mol. The predicted octanol–water partition coefficient (Wildman–Crippen LogP) is 4.99. The summed E-state index contributed by atoms with van der Waals surface area (Å²) in [6.45, 7) is 0.846. The number of para-hydroxylation sites is 1. The van der Waals surface area contributed by atoms with Crippen LogP contribution in [0.5, 0.6) is 5.75 Å². The lowest BCUT2D eigenvalue weighted by molar-refractivity contribution is 0.135. The lowest BCUT2D eigenvalue weighted by Crippen LogP contribution is -2.56. The number of allylic oxidation sites excluding steroid dienone is 2. The van der Waals surface area contributed by atoms with Gasteiger partial charge >= 0.3 is 6.09 Å². The highest BCUT2D eigenvalue weighted by Gasteiger charge is 2.49. The molecule has 2 aromatic carbocycles. The van der Waals surface area contributed by atoms with E-state index < -0.39 is 15.0 Å². The van der Waals surface area contributed by atoms with Crippen LogP contribution in [0.3, 0.4) is 0 Å². The quantitative estimate of drug-likeness (QED) is 0.529. The maximum absolute atomic E-state index is 13.9. The number of halogens is 1. The Kier molecular flexibility index (Phi) is 6.26. The van der Waals surface area contributed by atoms with Gasteiger partial charge in [0.2, 0.25) is 4.93 Å². The van der Waals surface area contributed by atoms with E-state index in [0.717, 1.165) is 15.7 Å². The molecule has 1 atom stereocenters. The van der Waals surface area contributed by atoms with Crippen molar-refractivity contribution in [2.24, 2.45) is 0 Å². The molecule has 178 valence electrons. The Morgan fingerprint density at radius 1 is 1.03 bits per heavy atom. The van der Waals surface area contributed by atoms with Crippen molar-refractivity contribution in [2.45, 2.75) is 36.8 Å². The fourth-order valence-corrected chi connectivity index (χ4v) is 6.83. The van der Waals surface area contributed by atoms with E-state index in [2.05, 4.69) is 15.9 Å². The van der Waals surface area contributed by atoms with E-state index in [1.165, 1.54) is 4.31 Å². The van der Waals surface area contributed by atoms with E-state index in [4.69, 9.17) is 9.47 Å². The van der Waals surface area contributed by atoms with Crippen molar-refractivity contribution < 1.29 is 22.7 Å². The van der Waals surface area contributed by atoms with Crippen LogP contribution in [0, 0.1) is 0 Å². The molecule has 9 heteroatoms. The molecule has 0 bridgehead atoms. The van der Waals surface area contributed by atoms with Gasteiger partial charge < -0.3 is 9.47 Å². The average molecular weight is 545 g/mol. The molecule has 0 N–H and O–H groups in total. The first kappa shape index (κ1) is 23.1. The van der Waals surface area contributed by atoms with E-state index in [0.29, 0.717) is 31.7 Å². The maximum atomic E-state index is 13.9. The summed E-state index contributed by atoms with van der Waals surface area (Å²) in [4.78, 5) is 12.8. The summed E-state index contributed by atoms with van der Waals surface area (Å²) in [6, 6.07) is 14.7. The number of cyclic esters (lactones) is 1. The Balaban J connectivity index is 1.36. The number of hydrogen-bond acceptors (Lipinski definition) is 5. The van der Waals surface area contributed by atoms with Crippen molar-refractivity contribution in [2.75, 3.05) is 18.0 Å². The van der Waals surface area contributed by atoms with Gasteiger partial charge in [-0.3, -0.25) is 4.90 Å². The largest absolute Gasteiger partial charge is 0.466 e. The standard InChI is InChI=1S/C25H25BrN2O5S/c26-20-8-10-22(11-9-20)33-25(14-4-1-5-15-25)34(30,31)27-16-12-21(13-17-27)28-23-7-3-2-6-19(23)18-32-24(28)29/h1-11,14,21H,12-13,15-18H2. The molecule has 2 aromatic rings. The van der Waals surface area contributed by atoms with Gasteiger partial charge in [0.25, 0.3) is 10.0 Å². The summed E-state index contributed by atoms with van der Waals surface area (Å²) < 4.78 is 41.7. The third-order valence-electron chi connectivity index (χ3n) is 6.47. The van der Waals surface area contributed by atoms with E-state index in [1.54, 1.807) is 29.2 Å². The SMILES string of the molecule is O=C1OCc2ccccc2N1C1CCN(S(=O)(=O)C2(Oc3ccc(Br)cc3)C=CC=CC2)CC1. The number of carbonyl (C=O) groups excluding carboxylic acids is 1. The third-order valence-corrected chi connectivity index (χ3v) is 9.30. The van der Waals surface area contributed by atoms with E-state index in [1.807, 2.05) is 48.6 Å². The first-order chi connectivity index (χ1) is 16.4. The second kappa shape index (κ2) is 9.20. The van der Waals surface area contributed by atoms with Crippen LogP contribution in [0.1, 0.15) is 24.8 Å². The van der Waals surface area contributed by atoms with Crippen molar-refractivity contribution >= 4 is 37.7 Å². The molecule has 34 heavy (non-hydrogen) atoms. The molecular formula is C25H25BrN2O5S. The maximum Gasteiger partial charge on any atom is 0.414 e. The minimum Gasteiger partial charge on any atom is -0.466 e. The van der Waals surface area contributed by atoms with Crippen LogP contribution in [0.4, 0.5) is 10.5 Å². The Morgan fingerprint density at radius 3 is 2.47 bits per heavy atom. The Bertz CT molecular complexity index is 1240. The number of piperidine rings is 1. The molecule has 1 saturated heterocycles. The van der Waals surface area contributed by atoms with Crippen LogP contribution < -0.4 is 9.64 Å². The summed E-state index contributed by atoms with van der Waals surface area (Å²) in [5.74, 6) is 0.481. The summed E-state index contributed by atoms with van der Waals surface area (Å²) in [5.41, 5.74) is 1.80. The molecule has 0 radical (unpaired) electrons. The van der Waals surface area contributed by atoms with Gasteiger partial charge in [-0.15, -0.1) is 0 Å². The van der Waals surface area contributed by atoms with E-state index in [-0.39, 0.29) is 25.2 Å². The zero-order valence-corrected chi connectivity index (χ0v) is 20.9. The highest BCUT2D eigenvalue weighted by atomic mass is 79.9. The number of ether oxygens (including phenoxy) is 2. The van der Waals surface area contributed by atoms with Crippen molar-refractivity contribution in [3.63, 3.8) is 0 Å². The van der Waals surface area contributed by atoms with Crippen molar-refractivity contribution in [3.8, 4) is 5.75 Å². The Labute approximate surface area is 207 Å². The minimum atomic E-state index is -3.86. The van der Waals surface area contributed by atoms with Crippen LogP contribution in [-0.2, 0) is 21.4 Å². The lowest BCUT2D eigenvalue weighted by Gasteiger charge is -2.42. The second-order valence-electron chi connectivity index (χ2n) is 8.55. The predicted molar refractivity (Wildman–Crippen MR) is 133 cm³/mol. The van der Waals surface area contributed by atoms with E-state index >= 15 is 0 Å². The average Bonchev–Trinajstić information content (AvgIpc) is 2.86. The zero-order chi connectivity index (χ0) is 23.8. The first-order valence-corrected chi connectivity index (χ1v) is 13.5. The van der Waals surface area contributed by atoms with Crippen LogP contribution in [0.25, 0.3) is 0 Å². The molecule has 3 aliphatic rings. The number of sulfonamides is 1. The van der Waals surface area contributed by atoms with Gasteiger partial charge in [0.05, 0.1) is 5.69 Å². The topological polar surface area (TPSA) is 76.2 Å². The number of nitrogens with zero attached hydrogens (tertiary/aromatic N) is 2. The number of hydrogen-bond donors (Lipinski definition) is 0. The number of carbonyl (C=O) groups is 1. The zero-order valence-electron chi connectivity index (χ0n) is 18.5. The van der Waals surface area contributed by atoms with Crippen LogP contribution >= 0.6 is 15.9 Å². The Hall–Kier alpha value is -2.62. The number of benzene rings is 2. The van der Waals surface area contributed by atoms with Crippen LogP contribution in [0.15, 0.2) is 77.3 Å². The van der Waals surface area contributed by atoms with Crippen LogP contribution in [-0.4, -0.2) is 42.9 Å². The third kappa shape index (κ3) is 4.16. The fraction of sp³-hybridized carbons (Fsp3) is 0.320. The van der Waals surface area contributed by atoms with Gasteiger partial charge in [-0.05, 0) is 49.2 Å². The molecule has 7 nitrogen and oxygen atoms in total. The van der Waals surface area contributed by atoms with Gasteiger partial charge in [-0.25, -0.2) is 13.2 Å². The van der Waals surface area contributed by atoms with Gasteiger partial charge in [0.15, 0.2) is 0 Å². The molecular weight excluding hydrogens is 520 g/mol. The molecule has 1 fully saturated rings. The molecule has 1 unspecified atom stereocenters. The first-order valence-electron chi connectivity index (χ1n) is 11.2. The van der Waals surface area contributed by atoms with Crippen molar-refractivity contribution in [3.05, 3.63) is 82.9 Å². The highest BCUT2D eigenvalue weighted by Crippen LogP contribution is 2.37. The lowest BCUT2D eigenvalue weighted by atomic mass is 10.0. The van der Waals surface area contributed by atoms with Gasteiger partial charge in [-0.1, -0.05) is 52.4 Å². The number of rotatable bonds is 5. The Morgan fingerprint density at radius 2 is 1.76 bits per heavy atom. The molecule has 1 aliphatic carbocycles.